The van der Waals surface area contributed by atoms with Crippen molar-refractivity contribution in [1.82, 2.24) is 0 Å². The molecule has 0 fully saturated rings. The molecule has 1 rings (SSSR count). The average molecular weight is 393 g/mol. The van der Waals surface area contributed by atoms with E-state index in [-0.39, 0.29) is 17.3 Å². The van der Waals surface area contributed by atoms with Crippen LogP contribution in [-0.4, -0.2) is 29.5 Å². The molecule has 0 aliphatic heterocycles. The molecule has 0 aliphatic carbocycles. The van der Waals surface area contributed by atoms with Crippen molar-refractivity contribution in [2.24, 2.45) is 27.8 Å². The molecule has 28 heavy (non-hydrogen) atoms. The van der Waals surface area contributed by atoms with E-state index in [9.17, 15) is 14.7 Å². The molecular weight excluding hydrogens is 356 g/mol. The van der Waals surface area contributed by atoms with Gasteiger partial charge in [-0.3, -0.25) is 14.6 Å². The standard InChI is InChI=1S/C19H30N4O3.C2H6/c1-19(2,3)15(17(25)26)12-13-7-9-14(10-8-13)23-16(24)6-4-5-11-22-18(20)21;1-2/h7-10,15H,4-6,11-12H2,1-3H3,(H,23,24)(H,25,26)(H4,20,21,22);1-2H3. The summed E-state index contributed by atoms with van der Waals surface area (Å²) in [5, 5.41) is 12.3. The maximum atomic E-state index is 11.9. The fraction of sp³-hybridized carbons (Fsp3) is 0.571. The lowest BCUT2D eigenvalue weighted by atomic mass is 9.77. The number of carbonyl (C=O) groups excluding carboxylic acids is 1. The number of rotatable bonds is 9. The number of hydrogen-bond donors (Lipinski definition) is 4. The summed E-state index contributed by atoms with van der Waals surface area (Å²) in [6.07, 6.45) is 2.30. The Morgan fingerprint density at radius 3 is 2.14 bits per heavy atom. The largest absolute Gasteiger partial charge is 0.481 e. The third kappa shape index (κ3) is 10.5. The number of carboxylic acids is 1. The second-order valence-corrected chi connectivity index (χ2v) is 7.47. The molecule has 0 radical (unpaired) electrons. The molecule has 1 atom stereocenters. The van der Waals surface area contributed by atoms with Crippen LogP contribution in [-0.2, 0) is 16.0 Å². The van der Waals surface area contributed by atoms with Gasteiger partial charge in [0.25, 0.3) is 0 Å². The summed E-state index contributed by atoms with van der Waals surface area (Å²) in [5.41, 5.74) is 11.8. The molecule has 0 bridgehead atoms. The van der Waals surface area contributed by atoms with Gasteiger partial charge in [-0.1, -0.05) is 46.8 Å². The highest BCUT2D eigenvalue weighted by atomic mass is 16.4. The number of guanidine groups is 1. The summed E-state index contributed by atoms with van der Waals surface area (Å²) in [7, 11) is 0. The fourth-order valence-corrected chi connectivity index (χ4v) is 2.55. The van der Waals surface area contributed by atoms with Crippen LogP contribution in [0.3, 0.4) is 0 Å². The molecule has 1 unspecified atom stereocenters. The van der Waals surface area contributed by atoms with Crippen LogP contribution in [0.25, 0.3) is 0 Å². The minimum absolute atomic E-state index is 0.0612. The summed E-state index contributed by atoms with van der Waals surface area (Å²) in [6.45, 7) is 10.3. The molecule has 1 aromatic carbocycles. The van der Waals surface area contributed by atoms with E-state index in [1.807, 2.05) is 46.8 Å². The summed E-state index contributed by atoms with van der Waals surface area (Å²) in [5.74, 6) is -1.27. The molecule has 158 valence electrons. The van der Waals surface area contributed by atoms with Crippen molar-refractivity contribution in [2.45, 2.75) is 60.3 Å². The highest BCUT2D eigenvalue weighted by molar-refractivity contribution is 5.90. The van der Waals surface area contributed by atoms with Crippen molar-refractivity contribution < 1.29 is 14.7 Å². The van der Waals surface area contributed by atoms with Gasteiger partial charge in [0.1, 0.15) is 0 Å². The second kappa shape index (κ2) is 12.8. The number of anilines is 1. The lowest BCUT2D eigenvalue weighted by molar-refractivity contribution is -0.145. The number of hydrogen-bond acceptors (Lipinski definition) is 3. The monoisotopic (exact) mass is 392 g/mol. The van der Waals surface area contributed by atoms with Gasteiger partial charge in [-0.2, -0.15) is 0 Å². The zero-order chi connectivity index (χ0) is 21.7. The fourth-order valence-electron chi connectivity index (χ4n) is 2.55. The zero-order valence-corrected chi connectivity index (χ0v) is 17.8. The molecule has 7 heteroatoms. The van der Waals surface area contributed by atoms with Gasteiger partial charge in [0.2, 0.25) is 5.91 Å². The van der Waals surface area contributed by atoms with Crippen LogP contribution in [0, 0.1) is 11.3 Å². The summed E-state index contributed by atoms with van der Waals surface area (Å²) >= 11 is 0. The van der Waals surface area contributed by atoms with Crippen LogP contribution in [0.5, 0.6) is 0 Å². The predicted octanol–water partition coefficient (Wildman–Crippen LogP) is 3.38. The minimum Gasteiger partial charge on any atom is -0.481 e. The lowest BCUT2D eigenvalue weighted by Gasteiger charge is -2.27. The van der Waals surface area contributed by atoms with Crippen LogP contribution in [0.4, 0.5) is 5.69 Å². The Balaban J connectivity index is 0.00000352. The Hall–Kier alpha value is -2.57. The number of aliphatic imine (C=N–C) groups is 1. The van der Waals surface area contributed by atoms with Crippen LogP contribution < -0.4 is 16.8 Å². The Morgan fingerprint density at radius 2 is 1.68 bits per heavy atom. The molecule has 0 aliphatic rings. The van der Waals surface area contributed by atoms with Crippen molar-refractivity contribution in [3.63, 3.8) is 0 Å². The first-order valence-electron chi connectivity index (χ1n) is 9.76. The molecule has 7 nitrogen and oxygen atoms in total. The molecule has 1 amide bonds. The number of nitrogens with one attached hydrogen (secondary N) is 1. The summed E-state index contributed by atoms with van der Waals surface area (Å²) in [6, 6.07) is 7.31. The number of nitrogens with zero attached hydrogens (tertiary/aromatic N) is 1. The van der Waals surface area contributed by atoms with E-state index in [1.54, 1.807) is 12.1 Å². The van der Waals surface area contributed by atoms with Crippen LogP contribution in [0.15, 0.2) is 29.3 Å². The van der Waals surface area contributed by atoms with Gasteiger partial charge in [0, 0.05) is 18.7 Å². The highest BCUT2D eigenvalue weighted by Crippen LogP contribution is 2.29. The number of benzene rings is 1. The first kappa shape index (κ1) is 25.4. The minimum atomic E-state index is -0.796. The van der Waals surface area contributed by atoms with Gasteiger partial charge in [-0.25, -0.2) is 0 Å². The van der Waals surface area contributed by atoms with Gasteiger partial charge < -0.3 is 21.9 Å². The molecule has 6 N–H and O–H groups in total. The first-order valence-corrected chi connectivity index (χ1v) is 9.76. The Bertz CT molecular complexity index is 630. The molecule has 0 aromatic heterocycles. The van der Waals surface area contributed by atoms with Crippen molar-refractivity contribution in [3.05, 3.63) is 29.8 Å². The number of carbonyl (C=O) groups is 2. The summed E-state index contributed by atoms with van der Waals surface area (Å²) < 4.78 is 0. The van der Waals surface area contributed by atoms with Gasteiger partial charge in [-0.05, 0) is 42.4 Å². The molecule has 0 saturated heterocycles. The van der Waals surface area contributed by atoms with Crippen molar-refractivity contribution >= 4 is 23.5 Å². The Kier molecular flexibility index (Phi) is 11.6. The normalized spacial score (nSPS) is 11.6. The second-order valence-electron chi connectivity index (χ2n) is 7.47. The topological polar surface area (TPSA) is 131 Å². The van der Waals surface area contributed by atoms with Crippen molar-refractivity contribution in [3.8, 4) is 0 Å². The number of nitrogens with two attached hydrogens (primary N) is 2. The average Bonchev–Trinajstić information content (AvgIpc) is 2.61. The van der Waals surface area contributed by atoms with Gasteiger partial charge in [0.05, 0.1) is 5.92 Å². The highest BCUT2D eigenvalue weighted by Gasteiger charge is 2.31. The lowest BCUT2D eigenvalue weighted by Crippen LogP contribution is -2.30. The van der Waals surface area contributed by atoms with E-state index in [1.165, 1.54) is 0 Å². The third-order valence-corrected chi connectivity index (χ3v) is 4.13. The third-order valence-electron chi connectivity index (χ3n) is 4.13. The van der Waals surface area contributed by atoms with Crippen LogP contribution >= 0.6 is 0 Å². The zero-order valence-electron chi connectivity index (χ0n) is 17.8. The SMILES string of the molecule is CC.CC(C)(C)C(Cc1ccc(NC(=O)CCCCN=C(N)N)cc1)C(=O)O. The molecule has 0 saturated carbocycles. The van der Waals surface area contributed by atoms with Crippen molar-refractivity contribution in [2.75, 3.05) is 11.9 Å². The van der Waals surface area contributed by atoms with Gasteiger partial charge in [0.15, 0.2) is 5.96 Å². The number of amides is 1. The van der Waals surface area contributed by atoms with Gasteiger partial charge in [-0.15, -0.1) is 0 Å². The van der Waals surface area contributed by atoms with E-state index in [4.69, 9.17) is 11.5 Å². The van der Waals surface area contributed by atoms with Crippen LogP contribution in [0.2, 0.25) is 0 Å². The van der Waals surface area contributed by atoms with E-state index in [0.717, 1.165) is 12.0 Å². The molecular formula is C21H36N4O3. The Labute approximate surface area is 168 Å². The van der Waals surface area contributed by atoms with Crippen molar-refractivity contribution in [1.29, 1.82) is 0 Å². The van der Waals surface area contributed by atoms with E-state index in [2.05, 4.69) is 10.3 Å². The quantitative estimate of drug-likeness (QED) is 0.291. The van der Waals surface area contributed by atoms with E-state index < -0.39 is 11.9 Å². The van der Waals surface area contributed by atoms with E-state index in [0.29, 0.717) is 31.5 Å². The van der Waals surface area contributed by atoms with Crippen LogP contribution in [0.1, 0.15) is 59.4 Å². The summed E-state index contributed by atoms with van der Waals surface area (Å²) in [4.78, 5) is 27.3. The maximum absolute atomic E-state index is 11.9. The molecule has 0 spiro atoms. The number of carboxylic acid groups (broad SMARTS) is 1. The first-order chi connectivity index (χ1) is 13.1. The smallest absolute Gasteiger partial charge is 0.307 e. The Morgan fingerprint density at radius 1 is 1.11 bits per heavy atom. The van der Waals surface area contributed by atoms with Gasteiger partial charge >= 0.3 is 5.97 Å². The number of aliphatic carboxylic acids is 1. The van der Waals surface area contributed by atoms with E-state index >= 15 is 0 Å². The maximum Gasteiger partial charge on any atom is 0.307 e. The molecule has 0 heterocycles. The molecule has 1 aromatic rings. The predicted molar refractivity (Wildman–Crippen MR) is 115 cm³/mol. The number of unbranched alkanes of at least 4 members (excludes halogenated alkanes) is 1.